The van der Waals surface area contributed by atoms with Gasteiger partial charge in [0.25, 0.3) is 5.91 Å². The molecule has 150 valence electrons. The number of carbonyl (C=O) groups excluding carboxylic acids is 2. The number of nitrogens with zero attached hydrogens (tertiary/aromatic N) is 2. The quantitative estimate of drug-likeness (QED) is 0.531. The van der Waals surface area contributed by atoms with Gasteiger partial charge in [0.2, 0.25) is 5.95 Å². The zero-order valence-electron chi connectivity index (χ0n) is 13.6. The van der Waals surface area contributed by atoms with Crippen LogP contribution >= 0.6 is 0 Å². The molecule has 11 heteroatoms. The maximum atomic E-state index is 13.4. The van der Waals surface area contributed by atoms with E-state index in [9.17, 15) is 27.2 Å². The molecule has 1 aliphatic rings. The topological polar surface area (TPSA) is 96.0 Å². The number of amides is 2. The lowest BCUT2D eigenvalue weighted by Crippen LogP contribution is -2.44. The summed E-state index contributed by atoms with van der Waals surface area (Å²) < 4.78 is 50.6. The third-order valence-electron chi connectivity index (χ3n) is 3.98. The summed E-state index contributed by atoms with van der Waals surface area (Å²) >= 11 is 0. The molecular formula is C17H17F4N5O2. The lowest BCUT2D eigenvalue weighted by Gasteiger charge is -2.18. The van der Waals surface area contributed by atoms with Crippen molar-refractivity contribution in [1.29, 1.82) is 0 Å². The van der Waals surface area contributed by atoms with E-state index in [1.165, 1.54) is 6.07 Å². The Labute approximate surface area is 157 Å². The molecule has 2 aromatic rings. The maximum absolute atomic E-state index is 13.4. The Morgan fingerprint density at radius 3 is 2.21 bits per heavy atom. The minimum Gasteiger partial charge on any atom is -0.345 e. The number of halogens is 4. The highest BCUT2D eigenvalue weighted by Gasteiger charge is 2.45. The molecule has 1 fully saturated rings. The van der Waals surface area contributed by atoms with Crippen molar-refractivity contribution >= 4 is 17.8 Å². The van der Waals surface area contributed by atoms with Crippen LogP contribution in [0.2, 0.25) is 0 Å². The average Bonchev–Trinajstić information content (AvgIpc) is 3.42. The molecule has 0 saturated heterocycles. The van der Waals surface area contributed by atoms with Gasteiger partial charge in [-0.15, -0.1) is 0 Å². The van der Waals surface area contributed by atoms with E-state index >= 15 is 0 Å². The zero-order valence-corrected chi connectivity index (χ0v) is 13.6. The molecule has 0 spiro atoms. The fourth-order valence-electron chi connectivity index (χ4n) is 2.37. The van der Waals surface area contributed by atoms with Crippen molar-refractivity contribution < 1.29 is 27.2 Å². The third kappa shape index (κ3) is 4.53. The van der Waals surface area contributed by atoms with Crippen LogP contribution < -0.4 is 16.2 Å². The van der Waals surface area contributed by atoms with Gasteiger partial charge in [-0.1, -0.05) is 13.5 Å². The van der Waals surface area contributed by atoms with Crippen molar-refractivity contribution in [3.63, 3.8) is 0 Å². The van der Waals surface area contributed by atoms with Gasteiger partial charge in [-0.3, -0.25) is 20.4 Å². The molecule has 0 atom stereocenters. The van der Waals surface area contributed by atoms with Crippen LogP contribution in [0.5, 0.6) is 0 Å². The van der Waals surface area contributed by atoms with E-state index in [2.05, 4.69) is 15.3 Å². The summed E-state index contributed by atoms with van der Waals surface area (Å²) in [7, 11) is 0. The molecule has 1 aromatic carbocycles. The molecule has 0 radical (unpaired) electrons. The first-order valence-corrected chi connectivity index (χ1v) is 7.75. The number of hydrogen-bond acceptors (Lipinski definition) is 5. The first-order valence-electron chi connectivity index (χ1n) is 7.75. The van der Waals surface area contributed by atoms with E-state index in [4.69, 9.17) is 0 Å². The fraction of sp³-hybridized carbons (Fsp3) is 0.294. The van der Waals surface area contributed by atoms with E-state index < -0.39 is 35.4 Å². The van der Waals surface area contributed by atoms with Crippen molar-refractivity contribution in [1.82, 2.24) is 20.8 Å². The summed E-state index contributed by atoms with van der Waals surface area (Å²) in [5.41, 5.74) is 3.20. The third-order valence-corrected chi connectivity index (χ3v) is 3.98. The van der Waals surface area contributed by atoms with Gasteiger partial charge in [-0.25, -0.2) is 18.7 Å². The molecule has 2 amide bonds. The Bertz CT molecular complexity index is 872. The van der Waals surface area contributed by atoms with Gasteiger partial charge in [-0.05, 0) is 30.5 Å². The van der Waals surface area contributed by atoms with Crippen molar-refractivity contribution in [3.05, 3.63) is 53.4 Å². The van der Waals surface area contributed by atoms with E-state index in [1.54, 1.807) is 10.9 Å². The zero-order chi connectivity index (χ0) is 19.6. The normalized spacial score (nSPS) is 14.0. The SMILES string of the molecule is C.O=C(NNC(=O)C(F)F)c1cnc(NC2(c3ccc(F)c(F)c3)CC2)nc1. The largest absolute Gasteiger partial charge is 0.345 e. The van der Waals surface area contributed by atoms with Crippen LogP contribution in [0.3, 0.4) is 0 Å². The second kappa shape index (κ2) is 8.19. The molecule has 3 rings (SSSR count). The molecule has 7 nitrogen and oxygen atoms in total. The molecule has 0 aliphatic heterocycles. The molecule has 0 bridgehead atoms. The molecule has 3 N–H and O–H groups in total. The van der Waals surface area contributed by atoms with Gasteiger partial charge in [0.05, 0.1) is 11.1 Å². The van der Waals surface area contributed by atoms with Gasteiger partial charge in [0, 0.05) is 12.4 Å². The number of benzene rings is 1. The van der Waals surface area contributed by atoms with Gasteiger partial charge in [0.1, 0.15) is 0 Å². The molecule has 1 aliphatic carbocycles. The monoisotopic (exact) mass is 399 g/mol. The number of rotatable bonds is 5. The molecule has 28 heavy (non-hydrogen) atoms. The predicted molar refractivity (Wildman–Crippen MR) is 91.3 cm³/mol. The van der Waals surface area contributed by atoms with Gasteiger partial charge in [-0.2, -0.15) is 8.78 Å². The second-order valence-corrected chi connectivity index (χ2v) is 5.88. The number of carbonyl (C=O) groups is 2. The highest BCUT2D eigenvalue weighted by Crippen LogP contribution is 2.47. The number of hydrazine groups is 1. The standard InChI is InChI=1S/C16H13F4N5O2.CH4/c17-10-2-1-9(5-11(10)18)16(3-4-16)23-15-21-6-8(7-22-15)13(26)24-25-14(27)12(19)20;/h1-2,5-7,12H,3-4H2,(H,24,26)(H,25,27)(H,21,22,23);1H4. The summed E-state index contributed by atoms with van der Waals surface area (Å²) in [6, 6.07) is 3.60. The highest BCUT2D eigenvalue weighted by molar-refractivity contribution is 5.95. The number of aromatic nitrogens is 2. The van der Waals surface area contributed by atoms with Crippen LogP contribution in [0.25, 0.3) is 0 Å². The highest BCUT2D eigenvalue weighted by atomic mass is 19.3. The Kier molecular flexibility index (Phi) is 6.16. The van der Waals surface area contributed by atoms with E-state index in [0.717, 1.165) is 24.5 Å². The van der Waals surface area contributed by atoms with Crippen LogP contribution in [-0.4, -0.2) is 28.2 Å². The lowest BCUT2D eigenvalue weighted by molar-refractivity contribution is -0.132. The van der Waals surface area contributed by atoms with Gasteiger partial charge in [0.15, 0.2) is 11.6 Å². The van der Waals surface area contributed by atoms with Crippen molar-refractivity contribution in [2.24, 2.45) is 0 Å². The Balaban J connectivity index is 0.00000280. The Morgan fingerprint density at radius 1 is 1.04 bits per heavy atom. The molecule has 0 unspecified atom stereocenters. The predicted octanol–water partition coefficient (Wildman–Crippen LogP) is 2.52. The van der Waals surface area contributed by atoms with Crippen LogP contribution in [0.4, 0.5) is 23.5 Å². The summed E-state index contributed by atoms with van der Waals surface area (Å²) in [6.45, 7) is 0. The number of alkyl halides is 2. The minimum atomic E-state index is -3.26. The molecule has 1 aromatic heterocycles. The lowest BCUT2D eigenvalue weighted by atomic mass is 10.0. The molecule has 1 saturated carbocycles. The Morgan fingerprint density at radius 2 is 1.68 bits per heavy atom. The van der Waals surface area contributed by atoms with Crippen LogP contribution in [0, 0.1) is 11.6 Å². The summed E-state index contributed by atoms with van der Waals surface area (Å²) in [5, 5.41) is 3.01. The van der Waals surface area contributed by atoms with E-state index in [0.29, 0.717) is 18.4 Å². The van der Waals surface area contributed by atoms with Crippen LogP contribution in [0.15, 0.2) is 30.6 Å². The molecule has 1 heterocycles. The first-order chi connectivity index (χ1) is 12.8. The Hall–Kier alpha value is -3.24. The average molecular weight is 399 g/mol. The van der Waals surface area contributed by atoms with Gasteiger partial charge < -0.3 is 5.32 Å². The second-order valence-electron chi connectivity index (χ2n) is 5.88. The number of hydrogen-bond donors (Lipinski definition) is 3. The smallest absolute Gasteiger partial charge is 0.317 e. The van der Waals surface area contributed by atoms with E-state index in [1.807, 2.05) is 0 Å². The summed E-state index contributed by atoms with van der Waals surface area (Å²) in [4.78, 5) is 30.3. The summed E-state index contributed by atoms with van der Waals surface area (Å²) in [5.74, 6) is -4.29. The maximum Gasteiger partial charge on any atom is 0.317 e. The number of nitrogens with one attached hydrogen (secondary N) is 3. The van der Waals surface area contributed by atoms with Crippen LogP contribution in [0.1, 0.15) is 36.2 Å². The summed E-state index contributed by atoms with van der Waals surface area (Å²) in [6.07, 6.45) is 0.299. The van der Waals surface area contributed by atoms with Gasteiger partial charge >= 0.3 is 12.3 Å². The van der Waals surface area contributed by atoms with Crippen molar-refractivity contribution in [2.75, 3.05) is 5.32 Å². The van der Waals surface area contributed by atoms with Crippen LogP contribution in [-0.2, 0) is 10.3 Å². The van der Waals surface area contributed by atoms with Crippen molar-refractivity contribution in [3.8, 4) is 0 Å². The van der Waals surface area contributed by atoms with E-state index in [-0.39, 0.29) is 18.9 Å². The van der Waals surface area contributed by atoms with Crippen molar-refractivity contribution in [2.45, 2.75) is 32.2 Å². The fourth-order valence-corrected chi connectivity index (χ4v) is 2.37. The minimum absolute atomic E-state index is 0. The first kappa shape index (κ1) is 21.1. The number of anilines is 1. The molecular weight excluding hydrogens is 382 g/mol.